The van der Waals surface area contributed by atoms with Crippen LogP contribution in [0.4, 0.5) is 11.4 Å². The average Bonchev–Trinajstić information content (AvgIpc) is 3.45. The third kappa shape index (κ3) is 5.70. The molecular formula is C32H22BrN5O6. The minimum atomic E-state index is -0.625. The van der Waals surface area contributed by atoms with Crippen LogP contribution >= 0.6 is 15.9 Å². The normalized spacial score (nSPS) is 11.3. The number of furan rings is 1. The first-order chi connectivity index (χ1) is 21.3. The summed E-state index contributed by atoms with van der Waals surface area (Å²) >= 11 is 3.32. The van der Waals surface area contributed by atoms with E-state index in [1.54, 1.807) is 48.5 Å². The predicted molar refractivity (Wildman–Crippen MR) is 170 cm³/mol. The number of benzene rings is 4. The van der Waals surface area contributed by atoms with Gasteiger partial charge in [-0.05, 0) is 64.8 Å². The molecule has 2 heterocycles. The van der Waals surface area contributed by atoms with Gasteiger partial charge < -0.3 is 14.5 Å². The monoisotopic (exact) mass is 651 g/mol. The highest BCUT2D eigenvalue weighted by atomic mass is 79.9. The summed E-state index contributed by atoms with van der Waals surface area (Å²) in [6.07, 6.45) is 1.30. The van der Waals surface area contributed by atoms with Gasteiger partial charge >= 0.3 is 5.69 Å². The van der Waals surface area contributed by atoms with E-state index in [0.717, 1.165) is 15.6 Å². The fourth-order valence-corrected chi connectivity index (χ4v) is 5.18. The Labute approximate surface area is 257 Å². The van der Waals surface area contributed by atoms with Crippen molar-refractivity contribution in [3.63, 3.8) is 0 Å². The molecule has 0 atom stereocenters. The van der Waals surface area contributed by atoms with E-state index < -0.39 is 28.7 Å². The van der Waals surface area contributed by atoms with Gasteiger partial charge in [0.15, 0.2) is 12.4 Å². The largest absolute Gasteiger partial charge is 0.476 e. The number of carbonyl (C=O) groups is 1. The molecule has 1 N–H and O–H groups in total. The summed E-state index contributed by atoms with van der Waals surface area (Å²) in [5.74, 6) is -0.118. The number of aryl methyl sites for hydroxylation is 1. The number of hydrogen-bond donors (Lipinski definition) is 1. The molecule has 1 amide bonds. The number of carbonyl (C=O) groups excluding carboxylic acids is 1. The average molecular weight is 652 g/mol. The number of ether oxygens (including phenoxy) is 1. The van der Waals surface area contributed by atoms with Gasteiger partial charge in [0.05, 0.1) is 26.5 Å². The molecule has 0 fully saturated rings. The van der Waals surface area contributed by atoms with Gasteiger partial charge in [0, 0.05) is 22.7 Å². The fraction of sp³-hybridized carbons (Fsp3) is 0.0625. The van der Waals surface area contributed by atoms with Crippen molar-refractivity contribution in [2.24, 2.45) is 5.10 Å². The van der Waals surface area contributed by atoms with Crippen molar-refractivity contribution < 1.29 is 18.9 Å². The molecule has 11 nitrogen and oxygen atoms in total. The number of anilines is 1. The van der Waals surface area contributed by atoms with Crippen LogP contribution in [0, 0.1) is 17.0 Å². The maximum absolute atomic E-state index is 13.5. The highest BCUT2D eigenvalue weighted by Crippen LogP contribution is 2.36. The fourth-order valence-electron chi connectivity index (χ4n) is 4.60. The summed E-state index contributed by atoms with van der Waals surface area (Å²) in [4.78, 5) is 42.1. The van der Waals surface area contributed by atoms with E-state index in [-0.39, 0.29) is 21.6 Å². The predicted octanol–water partition coefficient (Wildman–Crippen LogP) is 6.69. The van der Waals surface area contributed by atoms with Gasteiger partial charge in [0.25, 0.3) is 11.5 Å². The van der Waals surface area contributed by atoms with Gasteiger partial charge in [-0.1, -0.05) is 48.5 Å². The highest BCUT2D eigenvalue weighted by molar-refractivity contribution is 9.10. The van der Waals surface area contributed by atoms with E-state index in [4.69, 9.17) is 9.15 Å². The molecule has 0 radical (unpaired) electrons. The van der Waals surface area contributed by atoms with Gasteiger partial charge in [-0.3, -0.25) is 19.7 Å². The third-order valence-corrected chi connectivity index (χ3v) is 7.32. The van der Waals surface area contributed by atoms with Gasteiger partial charge in [-0.15, -0.1) is 0 Å². The summed E-state index contributed by atoms with van der Waals surface area (Å²) in [6, 6.07) is 26.0. The number of fused-ring (bicyclic) bond motifs is 2. The van der Waals surface area contributed by atoms with Crippen LogP contribution in [0.25, 0.3) is 33.5 Å². The lowest BCUT2D eigenvalue weighted by molar-refractivity contribution is -0.385. The standard InChI is InChI=1S/C32H22BrN5O6/c1-19-8-2-5-11-24(19)35-29(39)18-43-30-23(33)14-20(15-26(30)38(41)42)17-34-37-31(28-16-21-9-3-7-13-27(21)44-28)36-25-12-6-4-10-22(25)32(37)40/h2-17H,18H2,1H3,(H,35,39). The molecule has 44 heavy (non-hydrogen) atoms. The van der Waals surface area contributed by atoms with Crippen LogP contribution in [-0.4, -0.2) is 33.3 Å². The first kappa shape index (κ1) is 28.5. The second-order valence-electron chi connectivity index (χ2n) is 9.72. The van der Waals surface area contributed by atoms with E-state index in [9.17, 15) is 19.7 Å². The van der Waals surface area contributed by atoms with Crippen LogP contribution < -0.4 is 15.6 Å². The second-order valence-corrected chi connectivity index (χ2v) is 10.6. The Balaban J connectivity index is 1.34. The van der Waals surface area contributed by atoms with Crippen LogP contribution in [0.15, 0.2) is 110 Å². The lowest BCUT2D eigenvalue weighted by Gasteiger charge is -2.11. The molecule has 4 aromatic carbocycles. The molecule has 0 saturated carbocycles. The number of para-hydroxylation sites is 3. The van der Waals surface area contributed by atoms with Crippen molar-refractivity contribution in [1.29, 1.82) is 0 Å². The van der Waals surface area contributed by atoms with Gasteiger partial charge in [-0.25, -0.2) is 4.98 Å². The van der Waals surface area contributed by atoms with E-state index in [1.807, 2.05) is 37.3 Å². The first-order valence-electron chi connectivity index (χ1n) is 13.3. The second kappa shape index (κ2) is 11.9. The van der Waals surface area contributed by atoms with E-state index in [1.165, 1.54) is 18.3 Å². The summed E-state index contributed by atoms with van der Waals surface area (Å²) in [5, 5.41) is 20.3. The van der Waals surface area contributed by atoms with Crippen molar-refractivity contribution in [3.05, 3.63) is 127 Å². The lowest BCUT2D eigenvalue weighted by Crippen LogP contribution is -2.21. The smallest absolute Gasteiger partial charge is 0.312 e. The highest BCUT2D eigenvalue weighted by Gasteiger charge is 2.22. The maximum atomic E-state index is 13.5. The van der Waals surface area contributed by atoms with Crippen molar-refractivity contribution in [2.75, 3.05) is 11.9 Å². The molecule has 12 heteroatoms. The molecule has 0 aliphatic heterocycles. The molecule has 6 rings (SSSR count). The first-order valence-corrected chi connectivity index (χ1v) is 14.1. The van der Waals surface area contributed by atoms with E-state index >= 15 is 0 Å². The van der Waals surface area contributed by atoms with Crippen LogP contribution in [-0.2, 0) is 4.79 Å². The van der Waals surface area contributed by atoms with Gasteiger partial charge in [0.1, 0.15) is 5.58 Å². The molecule has 6 aromatic rings. The van der Waals surface area contributed by atoms with Crippen LogP contribution in [0.5, 0.6) is 5.75 Å². The van der Waals surface area contributed by atoms with E-state index in [0.29, 0.717) is 27.9 Å². The number of rotatable bonds is 8. The van der Waals surface area contributed by atoms with Gasteiger partial charge in [0.2, 0.25) is 11.6 Å². The number of halogens is 1. The Hall–Kier alpha value is -5.62. The van der Waals surface area contributed by atoms with Crippen LogP contribution in [0.3, 0.4) is 0 Å². The molecule has 0 saturated heterocycles. The Bertz CT molecular complexity index is 2140. The summed E-state index contributed by atoms with van der Waals surface area (Å²) in [7, 11) is 0. The number of nitro benzene ring substituents is 1. The van der Waals surface area contributed by atoms with Crippen molar-refractivity contribution in [1.82, 2.24) is 9.66 Å². The number of nitro groups is 1. The third-order valence-electron chi connectivity index (χ3n) is 6.73. The van der Waals surface area contributed by atoms with Crippen molar-refractivity contribution in [2.45, 2.75) is 6.92 Å². The number of aromatic nitrogens is 2. The maximum Gasteiger partial charge on any atom is 0.312 e. The number of nitrogens with zero attached hydrogens (tertiary/aromatic N) is 4. The molecule has 0 spiro atoms. The minimum Gasteiger partial charge on any atom is -0.476 e. The Kier molecular flexibility index (Phi) is 7.73. The molecule has 2 aromatic heterocycles. The molecule has 0 bridgehead atoms. The van der Waals surface area contributed by atoms with Crippen molar-refractivity contribution in [3.8, 4) is 17.3 Å². The summed E-state index contributed by atoms with van der Waals surface area (Å²) < 4.78 is 12.9. The number of amides is 1. The van der Waals surface area contributed by atoms with Gasteiger partial charge in [-0.2, -0.15) is 9.78 Å². The quantitative estimate of drug-likeness (QED) is 0.110. The summed E-state index contributed by atoms with van der Waals surface area (Å²) in [5.41, 5.74) is 1.99. The minimum absolute atomic E-state index is 0.125. The van der Waals surface area contributed by atoms with E-state index in [2.05, 4.69) is 31.3 Å². The Morgan fingerprint density at radius 1 is 1.09 bits per heavy atom. The number of nitrogens with one attached hydrogen (secondary N) is 1. The molecule has 0 aliphatic rings. The Morgan fingerprint density at radius 2 is 1.84 bits per heavy atom. The summed E-state index contributed by atoms with van der Waals surface area (Å²) in [6.45, 7) is 1.39. The lowest BCUT2D eigenvalue weighted by atomic mass is 10.2. The zero-order chi connectivity index (χ0) is 30.8. The zero-order valence-corrected chi connectivity index (χ0v) is 24.6. The van der Waals surface area contributed by atoms with Crippen LogP contribution in [0.2, 0.25) is 0 Å². The van der Waals surface area contributed by atoms with Crippen molar-refractivity contribution >= 4 is 61.3 Å². The molecule has 0 aliphatic carbocycles. The van der Waals surface area contributed by atoms with Crippen LogP contribution in [0.1, 0.15) is 11.1 Å². The topological polar surface area (TPSA) is 142 Å². The Morgan fingerprint density at radius 3 is 2.64 bits per heavy atom. The molecule has 218 valence electrons. The SMILES string of the molecule is Cc1ccccc1NC(=O)COc1c(Br)cc(C=Nn2c(-c3cc4ccccc4o3)nc3ccccc3c2=O)cc1[N+](=O)[O-]. The molecular weight excluding hydrogens is 630 g/mol. The molecule has 0 unspecified atom stereocenters. The zero-order valence-electron chi connectivity index (χ0n) is 23.1. The number of hydrogen-bond acceptors (Lipinski definition) is 8.